The highest BCUT2D eigenvalue weighted by molar-refractivity contribution is 5.55. The van der Waals surface area contributed by atoms with Crippen molar-refractivity contribution in [2.24, 2.45) is 0 Å². The number of halogens is 1. The van der Waals surface area contributed by atoms with Gasteiger partial charge in [-0.05, 0) is 37.3 Å². The molecule has 0 unspecified atom stereocenters. The van der Waals surface area contributed by atoms with Crippen LogP contribution in [-0.4, -0.2) is 9.97 Å². The molecule has 0 aliphatic carbocycles. The zero-order valence-electron chi connectivity index (χ0n) is 8.24. The van der Waals surface area contributed by atoms with Gasteiger partial charge in [-0.25, -0.2) is 14.4 Å². The third kappa shape index (κ3) is 2.49. The maximum absolute atomic E-state index is 12.6. The van der Waals surface area contributed by atoms with E-state index in [9.17, 15) is 4.39 Å². The summed E-state index contributed by atoms with van der Waals surface area (Å²) < 4.78 is 12.6. The molecule has 1 aromatic heterocycles. The van der Waals surface area contributed by atoms with Crippen molar-refractivity contribution in [3.05, 3.63) is 48.2 Å². The van der Waals surface area contributed by atoms with Crippen molar-refractivity contribution in [3.8, 4) is 0 Å². The van der Waals surface area contributed by atoms with E-state index < -0.39 is 0 Å². The first-order valence-corrected chi connectivity index (χ1v) is 4.56. The minimum Gasteiger partial charge on any atom is -0.340 e. The Labute approximate surface area is 87.0 Å². The molecule has 0 saturated heterocycles. The van der Waals surface area contributed by atoms with Crippen molar-refractivity contribution in [1.82, 2.24) is 9.97 Å². The van der Waals surface area contributed by atoms with Gasteiger partial charge in [-0.1, -0.05) is 0 Å². The van der Waals surface area contributed by atoms with E-state index in [2.05, 4.69) is 15.3 Å². The van der Waals surface area contributed by atoms with Crippen LogP contribution in [0.25, 0.3) is 0 Å². The maximum atomic E-state index is 12.6. The lowest BCUT2D eigenvalue weighted by Crippen LogP contribution is -1.96. The second kappa shape index (κ2) is 4.04. The van der Waals surface area contributed by atoms with Gasteiger partial charge in [-0.3, -0.25) is 0 Å². The Morgan fingerprint density at radius 2 is 1.87 bits per heavy atom. The standard InChI is InChI=1S/C11H10FN3/c1-8-13-7-6-11(14-8)15-10-4-2-9(12)3-5-10/h2-7H,1H3,(H,13,14,15). The molecule has 0 atom stereocenters. The Morgan fingerprint density at radius 1 is 1.13 bits per heavy atom. The van der Waals surface area contributed by atoms with Crippen LogP contribution >= 0.6 is 0 Å². The third-order valence-electron chi connectivity index (χ3n) is 1.89. The minimum atomic E-state index is -0.251. The lowest BCUT2D eigenvalue weighted by atomic mass is 10.3. The Bertz CT molecular complexity index is 454. The van der Waals surface area contributed by atoms with E-state index in [0.29, 0.717) is 11.6 Å². The number of benzene rings is 1. The molecule has 1 N–H and O–H groups in total. The van der Waals surface area contributed by atoms with Gasteiger partial charge in [0, 0.05) is 11.9 Å². The predicted octanol–water partition coefficient (Wildman–Crippen LogP) is 2.67. The van der Waals surface area contributed by atoms with Gasteiger partial charge < -0.3 is 5.32 Å². The summed E-state index contributed by atoms with van der Waals surface area (Å²) >= 11 is 0. The molecule has 0 spiro atoms. The van der Waals surface area contributed by atoms with Crippen LogP contribution in [0.2, 0.25) is 0 Å². The first kappa shape index (κ1) is 9.58. The van der Waals surface area contributed by atoms with Gasteiger partial charge in [0.1, 0.15) is 17.5 Å². The first-order chi connectivity index (χ1) is 7.24. The van der Waals surface area contributed by atoms with Crippen molar-refractivity contribution in [2.45, 2.75) is 6.92 Å². The van der Waals surface area contributed by atoms with E-state index in [1.54, 1.807) is 24.4 Å². The maximum Gasteiger partial charge on any atom is 0.134 e. The topological polar surface area (TPSA) is 37.8 Å². The summed E-state index contributed by atoms with van der Waals surface area (Å²) in [6.07, 6.45) is 1.67. The van der Waals surface area contributed by atoms with E-state index in [0.717, 1.165) is 5.69 Å². The van der Waals surface area contributed by atoms with Crippen LogP contribution in [0.15, 0.2) is 36.5 Å². The van der Waals surface area contributed by atoms with Gasteiger partial charge in [0.25, 0.3) is 0 Å². The number of hydrogen-bond donors (Lipinski definition) is 1. The fraction of sp³-hybridized carbons (Fsp3) is 0.0909. The Balaban J connectivity index is 2.18. The summed E-state index contributed by atoms with van der Waals surface area (Å²) in [7, 11) is 0. The molecular weight excluding hydrogens is 193 g/mol. The fourth-order valence-corrected chi connectivity index (χ4v) is 1.21. The molecule has 15 heavy (non-hydrogen) atoms. The molecule has 0 radical (unpaired) electrons. The van der Waals surface area contributed by atoms with Crippen molar-refractivity contribution in [1.29, 1.82) is 0 Å². The van der Waals surface area contributed by atoms with E-state index in [4.69, 9.17) is 0 Å². The molecule has 2 rings (SSSR count). The van der Waals surface area contributed by atoms with Crippen LogP contribution in [0.4, 0.5) is 15.9 Å². The molecule has 3 nitrogen and oxygen atoms in total. The second-order valence-electron chi connectivity index (χ2n) is 3.12. The average molecular weight is 203 g/mol. The van der Waals surface area contributed by atoms with Crippen molar-refractivity contribution in [2.75, 3.05) is 5.32 Å². The number of anilines is 2. The van der Waals surface area contributed by atoms with Crippen LogP contribution in [0.5, 0.6) is 0 Å². The van der Waals surface area contributed by atoms with Gasteiger partial charge in [0.15, 0.2) is 0 Å². The smallest absolute Gasteiger partial charge is 0.134 e. The number of nitrogens with zero attached hydrogens (tertiary/aromatic N) is 2. The van der Waals surface area contributed by atoms with Crippen LogP contribution in [-0.2, 0) is 0 Å². The zero-order valence-corrected chi connectivity index (χ0v) is 8.24. The Hall–Kier alpha value is -1.97. The van der Waals surface area contributed by atoms with E-state index in [1.165, 1.54) is 12.1 Å². The normalized spacial score (nSPS) is 10.0. The van der Waals surface area contributed by atoms with Gasteiger partial charge >= 0.3 is 0 Å². The molecule has 0 aliphatic heterocycles. The number of hydrogen-bond acceptors (Lipinski definition) is 3. The fourth-order valence-electron chi connectivity index (χ4n) is 1.21. The summed E-state index contributed by atoms with van der Waals surface area (Å²) in [5.74, 6) is 1.15. The number of aromatic nitrogens is 2. The molecule has 4 heteroatoms. The molecule has 0 fully saturated rings. The van der Waals surface area contributed by atoms with E-state index in [1.807, 2.05) is 6.92 Å². The van der Waals surface area contributed by atoms with Crippen molar-refractivity contribution < 1.29 is 4.39 Å². The van der Waals surface area contributed by atoms with Gasteiger partial charge in [0.05, 0.1) is 0 Å². The third-order valence-corrected chi connectivity index (χ3v) is 1.89. The summed E-state index contributed by atoms with van der Waals surface area (Å²) in [5, 5.41) is 3.05. The highest BCUT2D eigenvalue weighted by Gasteiger charge is 1.96. The van der Waals surface area contributed by atoms with Crippen LogP contribution in [0.1, 0.15) is 5.82 Å². The molecule has 1 aromatic carbocycles. The van der Waals surface area contributed by atoms with E-state index in [-0.39, 0.29) is 5.82 Å². The van der Waals surface area contributed by atoms with Gasteiger partial charge in [-0.15, -0.1) is 0 Å². The average Bonchev–Trinajstić information content (AvgIpc) is 2.22. The second-order valence-corrected chi connectivity index (χ2v) is 3.12. The van der Waals surface area contributed by atoms with Crippen LogP contribution in [0, 0.1) is 12.7 Å². The van der Waals surface area contributed by atoms with Crippen molar-refractivity contribution >= 4 is 11.5 Å². The van der Waals surface area contributed by atoms with Gasteiger partial charge in [-0.2, -0.15) is 0 Å². The monoisotopic (exact) mass is 203 g/mol. The summed E-state index contributed by atoms with van der Waals surface area (Å²) in [5.41, 5.74) is 0.800. The summed E-state index contributed by atoms with van der Waals surface area (Å²) in [6, 6.07) is 7.88. The molecule has 2 aromatic rings. The molecule has 0 bridgehead atoms. The molecule has 76 valence electrons. The molecule has 0 amide bonds. The number of nitrogens with one attached hydrogen (secondary N) is 1. The molecule has 0 aliphatic rings. The number of rotatable bonds is 2. The largest absolute Gasteiger partial charge is 0.340 e. The van der Waals surface area contributed by atoms with Crippen LogP contribution in [0.3, 0.4) is 0 Å². The predicted molar refractivity (Wildman–Crippen MR) is 56.5 cm³/mol. The highest BCUT2D eigenvalue weighted by Crippen LogP contribution is 2.14. The lowest BCUT2D eigenvalue weighted by Gasteiger charge is -2.05. The summed E-state index contributed by atoms with van der Waals surface area (Å²) in [4.78, 5) is 8.16. The van der Waals surface area contributed by atoms with Crippen molar-refractivity contribution in [3.63, 3.8) is 0 Å². The zero-order chi connectivity index (χ0) is 10.7. The Morgan fingerprint density at radius 3 is 2.53 bits per heavy atom. The SMILES string of the molecule is Cc1nccc(Nc2ccc(F)cc2)n1. The minimum absolute atomic E-state index is 0.251. The van der Waals surface area contributed by atoms with E-state index >= 15 is 0 Å². The first-order valence-electron chi connectivity index (χ1n) is 4.56. The Kier molecular flexibility index (Phi) is 2.58. The summed E-state index contributed by atoms with van der Waals surface area (Å²) in [6.45, 7) is 1.82. The van der Waals surface area contributed by atoms with Gasteiger partial charge in [0.2, 0.25) is 0 Å². The lowest BCUT2D eigenvalue weighted by molar-refractivity contribution is 0.628. The molecule has 0 saturated carbocycles. The van der Waals surface area contributed by atoms with Crippen LogP contribution < -0.4 is 5.32 Å². The number of aryl methyl sites for hydroxylation is 1. The highest BCUT2D eigenvalue weighted by atomic mass is 19.1. The molecule has 1 heterocycles. The quantitative estimate of drug-likeness (QED) is 0.815. The molecular formula is C11H10FN3.